The number of halogens is 3. The molecule has 0 spiro atoms. The fourth-order valence-corrected chi connectivity index (χ4v) is 9.75. The molecule has 2 rings (SSSR count). The molecule has 140 valence electrons. The maximum Gasteiger partial charge on any atom is 0.0267 e. The number of rotatable bonds is 2. The molecule has 7 heteroatoms. The Bertz CT molecular complexity index is 515. The Labute approximate surface area is 167 Å². The first-order valence-electron chi connectivity index (χ1n) is 7.84. The van der Waals surface area contributed by atoms with E-state index in [1.165, 1.54) is 0 Å². The minimum Gasteiger partial charge on any atom is -0.265 e. The summed E-state index contributed by atoms with van der Waals surface area (Å²) in [6, 6.07) is 11.4. The summed E-state index contributed by atoms with van der Waals surface area (Å²) in [5.41, 5.74) is 0.0115. The van der Waals surface area contributed by atoms with Crippen LogP contribution in [-0.2, 0) is 13.7 Å². The van der Waals surface area contributed by atoms with Crippen molar-refractivity contribution in [3.8, 4) is 0 Å². The number of hydrogen-bond acceptors (Lipinski definition) is 3. The summed E-state index contributed by atoms with van der Waals surface area (Å²) in [6.07, 6.45) is 7.94. The van der Waals surface area contributed by atoms with Crippen molar-refractivity contribution in [1.82, 2.24) is 9.97 Å². The molecule has 0 fully saturated rings. The van der Waals surface area contributed by atoms with E-state index in [0.29, 0.717) is 0 Å². The minimum atomic E-state index is -3.59. The monoisotopic (exact) mass is 571 g/mol. The van der Waals surface area contributed by atoms with Crippen LogP contribution in [0, 0.1) is 5.41 Å². The molecule has 0 aliphatic carbocycles. The average Bonchev–Trinajstić information content (AvgIpc) is 2.47. The molecule has 0 amide bonds. The second-order valence-corrected chi connectivity index (χ2v) is 27.1. The Hall–Kier alpha value is -0.290. The summed E-state index contributed by atoms with van der Waals surface area (Å²) in [6.45, 7) is 10.5. The summed E-state index contributed by atoms with van der Waals surface area (Å²) < 4.78 is 4.34. The van der Waals surface area contributed by atoms with Crippen molar-refractivity contribution >= 4 is 27.6 Å². The summed E-state index contributed by atoms with van der Waals surface area (Å²) >= 11 is -3.59. The van der Waals surface area contributed by atoms with Gasteiger partial charge in [-0.15, -0.1) is 0 Å². The van der Waals surface area contributed by atoms with Gasteiger partial charge in [-0.05, 0) is 24.3 Å². The van der Waals surface area contributed by atoms with Crippen LogP contribution in [-0.4, -0.2) is 15.5 Å². The van der Waals surface area contributed by atoms with E-state index in [1.807, 2.05) is 50.2 Å². The normalized spacial score (nSPS) is 11.4. The van der Waals surface area contributed by atoms with Crippen LogP contribution in [0.5, 0.6) is 0 Å². The van der Waals surface area contributed by atoms with Crippen molar-refractivity contribution in [2.75, 3.05) is 0 Å². The van der Waals surface area contributed by atoms with E-state index in [-0.39, 0.29) is 11.0 Å². The van der Waals surface area contributed by atoms with Gasteiger partial charge in [-0.25, -0.2) is 0 Å². The van der Waals surface area contributed by atoms with Crippen LogP contribution >= 0.6 is 27.6 Å². The van der Waals surface area contributed by atoms with Gasteiger partial charge in [0.2, 0.25) is 0 Å². The van der Waals surface area contributed by atoms with Crippen molar-refractivity contribution in [1.29, 1.82) is 0 Å². The van der Waals surface area contributed by atoms with Gasteiger partial charge in [0.05, 0.1) is 0 Å². The standard InChI is InChI=1S/C8H17N.2C5H5N.3ClH.Ta/c1-7(2,3)6-8(4,5)9;2*1-2-4-6-5-3-1;;;;/h6H2,1-5H3;2*1-5H;3*1H;/q;;;;;;+3/p-3. The van der Waals surface area contributed by atoms with Gasteiger partial charge in [0, 0.05) is 24.8 Å². The van der Waals surface area contributed by atoms with Crippen molar-refractivity contribution < 1.29 is 13.7 Å². The zero-order valence-corrected chi connectivity index (χ0v) is 20.9. The predicted molar refractivity (Wildman–Crippen MR) is 107 cm³/mol. The molecular weight excluding hydrogens is 546 g/mol. The zero-order valence-electron chi connectivity index (χ0n) is 15.4. The summed E-state index contributed by atoms with van der Waals surface area (Å²) in [4.78, 5) is 7.57. The van der Waals surface area contributed by atoms with Crippen LogP contribution in [0.25, 0.3) is 0 Å². The van der Waals surface area contributed by atoms with Crippen molar-refractivity contribution in [3.05, 3.63) is 61.2 Å². The molecule has 0 N–H and O–H groups in total. The molecule has 0 bridgehead atoms. The van der Waals surface area contributed by atoms with Crippen LogP contribution < -0.4 is 0 Å². The maximum absolute atomic E-state index is 5.83. The number of hydrogen-bond donors (Lipinski definition) is 0. The first kappa shape index (κ1) is 24.7. The van der Waals surface area contributed by atoms with Crippen molar-refractivity contribution in [3.63, 3.8) is 0 Å². The second kappa shape index (κ2) is 12.2. The van der Waals surface area contributed by atoms with E-state index < -0.39 is 13.7 Å². The Balaban J connectivity index is 0.000000392. The largest absolute Gasteiger partial charge is 0.265 e. The molecule has 25 heavy (non-hydrogen) atoms. The molecular formula is C18H27Cl3N3Ta. The fraction of sp³-hybridized carbons (Fsp3) is 0.444. The van der Waals surface area contributed by atoms with Gasteiger partial charge in [0.25, 0.3) is 0 Å². The van der Waals surface area contributed by atoms with Gasteiger partial charge >= 0.3 is 96.6 Å². The molecule has 0 unspecified atom stereocenters. The topological polar surface area (TPSA) is 38.1 Å². The number of nitrogens with zero attached hydrogens (tertiary/aromatic N) is 3. The van der Waals surface area contributed by atoms with Gasteiger partial charge in [-0.1, -0.05) is 12.1 Å². The molecule has 0 atom stereocenters. The quantitative estimate of drug-likeness (QED) is 0.383. The third-order valence-corrected chi connectivity index (χ3v) is 7.10. The van der Waals surface area contributed by atoms with Crippen LogP contribution in [0.2, 0.25) is 0 Å². The molecule has 3 nitrogen and oxygen atoms in total. The average molecular weight is 573 g/mol. The number of pyridine rings is 2. The predicted octanol–water partition coefficient (Wildman–Crippen LogP) is 7.16. The molecule has 0 saturated carbocycles. The first-order chi connectivity index (χ1) is 11.4. The summed E-state index contributed by atoms with van der Waals surface area (Å²) in [5, 5.41) is 0. The zero-order chi connectivity index (χ0) is 19.4. The Morgan fingerprint density at radius 3 is 1.24 bits per heavy atom. The molecule has 2 aromatic heterocycles. The second-order valence-electron chi connectivity index (χ2n) is 7.12. The molecule has 0 radical (unpaired) electrons. The third-order valence-electron chi connectivity index (χ3n) is 2.48. The fourth-order valence-electron chi connectivity index (χ4n) is 2.27. The van der Waals surface area contributed by atoms with Crippen LogP contribution in [0.4, 0.5) is 0 Å². The third kappa shape index (κ3) is 19.9. The van der Waals surface area contributed by atoms with E-state index in [4.69, 9.17) is 27.6 Å². The summed E-state index contributed by atoms with van der Waals surface area (Å²) in [7, 11) is 17.5. The van der Waals surface area contributed by atoms with Gasteiger partial charge in [-0.2, -0.15) is 0 Å². The Morgan fingerprint density at radius 2 is 1.08 bits per heavy atom. The summed E-state index contributed by atoms with van der Waals surface area (Å²) in [5.74, 6) is 0. The molecule has 0 saturated heterocycles. The number of aromatic nitrogens is 2. The molecule has 0 aliphatic rings. The molecule has 2 aromatic rings. The molecule has 2 heterocycles. The van der Waals surface area contributed by atoms with Crippen LogP contribution in [0.15, 0.2) is 64.5 Å². The van der Waals surface area contributed by atoms with Crippen molar-refractivity contribution in [2.24, 2.45) is 8.75 Å². The van der Waals surface area contributed by atoms with E-state index >= 15 is 0 Å². The van der Waals surface area contributed by atoms with E-state index in [9.17, 15) is 0 Å². The van der Waals surface area contributed by atoms with E-state index in [0.717, 1.165) is 6.42 Å². The maximum atomic E-state index is 5.83. The van der Waals surface area contributed by atoms with E-state index in [1.54, 1.807) is 24.8 Å². The van der Waals surface area contributed by atoms with Crippen molar-refractivity contribution in [2.45, 2.75) is 46.6 Å². The SMILES string of the molecule is CC(C)(C)CC(C)(C)[N]=[Ta]([Cl])([Cl])[Cl].c1ccncc1.c1ccncc1. The Morgan fingerprint density at radius 1 is 0.720 bits per heavy atom. The van der Waals surface area contributed by atoms with Gasteiger partial charge in [0.1, 0.15) is 0 Å². The minimum absolute atomic E-state index is 0.206. The molecule has 0 aromatic carbocycles. The van der Waals surface area contributed by atoms with Crippen LogP contribution in [0.3, 0.4) is 0 Å². The van der Waals surface area contributed by atoms with Crippen LogP contribution in [0.1, 0.15) is 41.0 Å². The van der Waals surface area contributed by atoms with Gasteiger partial charge < -0.3 is 0 Å². The smallest absolute Gasteiger partial charge is 0.0267 e. The van der Waals surface area contributed by atoms with Gasteiger partial charge in [0.15, 0.2) is 0 Å². The molecule has 0 aliphatic heterocycles. The van der Waals surface area contributed by atoms with E-state index in [2.05, 4.69) is 34.1 Å². The Kier molecular flexibility index (Phi) is 12.0. The first-order valence-corrected chi connectivity index (χ1v) is 21.2. The van der Waals surface area contributed by atoms with Gasteiger partial charge in [-0.3, -0.25) is 9.97 Å².